The lowest BCUT2D eigenvalue weighted by Gasteiger charge is -2.08. The summed E-state index contributed by atoms with van der Waals surface area (Å²) in [5.74, 6) is 1.36. The van der Waals surface area contributed by atoms with Crippen LogP contribution in [0.4, 0.5) is 5.69 Å². The van der Waals surface area contributed by atoms with Crippen molar-refractivity contribution in [1.82, 2.24) is 14.6 Å². The van der Waals surface area contributed by atoms with E-state index in [0.29, 0.717) is 28.9 Å². The summed E-state index contributed by atoms with van der Waals surface area (Å²) >= 11 is 6.01. The number of hydrogen-bond donors (Lipinski definition) is 1. The number of nitrogen functional groups attached to an aromatic ring is 1. The number of fused-ring (bicyclic) bond motifs is 1. The number of nitrogens with zero attached hydrogens (tertiary/aromatic N) is 3. The van der Waals surface area contributed by atoms with Crippen molar-refractivity contribution in [2.75, 3.05) is 12.3 Å². The van der Waals surface area contributed by atoms with Crippen molar-refractivity contribution in [3.63, 3.8) is 0 Å². The van der Waals surface area contributed by atoms with Crippen LogP contribution >= 0.6 is 11.6 Å². The van der Waals surface area contributed by atoms with Gasteiger partial charge in [-0.2, -0.15) is 0 Å². The molecule has 0 saturated carbocycles. The number of benzene rings is 1. The number of nitrogens with two attached hydrogens (primary N) is 1. The first-order valence-corrected chi connectivity index (χ1v) is 6.60. The summed E-state index contributed by atoms with van der Waals surface area (Å²) in [6.07, 6.45) is 1.78. The topological polar surface area (TPSA) is 65.4 Å². The molecular weight excluding hydrogens is 276 g/mol. The Morgan fingerprint density at radius 3 is 2.85 bits per heavy atom. The molecule has 0 fully saturated rings. The zero-order valence-corrected chi connectivity index (χ0v) is 11.6. The Labute approximate surface area is 121 Å². The predicted octanol–water partition coefficient (Wildman–Crippen LogP) is 3.03. The second kappa shape index (κ2) is 5.02. The fraction of sp³-hybridized carbons (Fsp3) is 0.143. The minimum atomic E-state index is 0.572. The van der Waals surface area contributed by atoms with E-state index in [4.69, 9.17) is 22.1 Å². The lowest BCUT2D eigenvalue weighted by molar-refractivity contribution is 0.342. The van der Waals surface area contributed by atoms with Crippen LogP contribution in [0.15, 0.2) is 36.5 Å². The Morgan fingerprint density at radius 2 is 2.10 bits per heavy atom. The number of rotatable bonds is 3. The fourth-order valence-electron chi connectivity index (χ4n) is 2.04. The van der Waals surface area contributed by atoms with Crippen molar-refractivity contribution in [3.05, 3.63) is 41.6 Å². The lowest BCUT2D eigenvalue weighted by Crippen LogP contribution is -1.97. The maximum atomic E-state index is 6.01. The minimum Gasteiger partial charge on any atom is -0.492 e. The molecule has 0 bridgehead atoms. The normalized spacial score (nSPS) is 10.9. The number of hydrogen-bond acceptors (Lipinski definition) is 4. The predicted molar refractivity (Wildman–Crippen MR) is 79.0 cm³/mol. The van der Waals surface area contributed by atoms with E-state index in [0.717, 1.165) is 11.2 Å². The lowest BCUT2D eigenvalue weighted by atomic mass is 10.2. The molecule has 0 aliphatic heterocycles. The third kappa shape index (κ3) is 2.16. The molecule has 0 unspecified atom stereocenters. The van der Waals surface area contributed by atoms with E-state index in [9.17, 15) is 0 Å². The molecule has 2 N–H and O–H groups in total. The molecule has 0 spiro atoms. The van der Waals surface area contributed by atoms with Gasteiger partial charge < -0.3 is 10.5 Å². The van der Waals surface area contributed by atoms with Crippen molar-refractivity contribution < 1.29 is 4.74 Å². The maximum absolute atomic E-state index is 6.01. The van der Waals surface area contributed by atoms with Gasteiger partial charge >= 0.3 is 0 Å². The van der Waals surface area contributed by atoms with Crippen molar-refractivity contribution >= 4 is 22.9 Å². The van der Waals surface area contributed by atoms with E-state index < -0.39 is 0 Å². The van der Waals surface area contributed by atoms with E-state index in [1.807, 2.05) is 35.6 Å². The monoisotopic (exact) mass is 288 g/mol. The number of halogens is 1. The molecule has 0 saturated heterocycles. The zero-order chi connectivity index (χ0) is 14.1. The first kappa shape index (κ1) is 12.7. The molecule has 0 aliphatic carbocycles. The van der Waals surface area contributed by atoms with Gasteiger partial charge in [-0.15, -0.1) is 10.2 Å². The molecule has 0 amide bonds. The fourth-order valence-corrected chi connectivity index (χ4v) is 2.20. The van der Waals surface area contributed by atoms with Gasteiger partial charge in [-0.25, -0.2) is 0 Å². The largest absolute Gasteiger partial charge is 0.492 e. The van der Waals surface area contributed by atoms with Crippen LogP contribution in [0.3, 0.4) is 0 Å². The third-order valence-electron chi connectivity index (χ3n) is 2.93. The highest BCUT2D eigenvalue weighted by atomic mass is 35.5. The van der Waals surface area contributed by atoms with Crippen LogP contribution in [0.5, 0.6) is 5.75 Å². The molecule has 3 rings (SSSR count). The third-order valence-corrected chi connectivity index (χ3v) is 3.16. The molecule has 0 aliphatic rings. The van der Waals surface area contributed by atoms with E-state index in [1.165, 1.54) is 0 Å². The Morgan fingerprint density at radius 1 is 1.25 bits per heavy atom. The number of aromatic nitrogens is 3. The summed E-state index contributed by atoms with van der Waals surface area (Å²) < 4.78 is 7.26. The summed E-state index contributed by atoms with van der Waals surface area (Å²) in [6, 6.07) is 9.15. The van der Waals surface area contributed by atoms with Crippen LogP contribution in [0.1, 0.15) is 6.92 Å². The van der Waals surface area contributed by atoms with Gasteiger partial charge in [0.1, 0.15) is 5.75 Å². The number of anilines is 1. The molecule has 102 valence electrons. The van der Waals surface area contributed by atoms with Gasteiger partial charge in [-0.05, 0) is 37.3 Å². The molecule has 2 heterocycles. The molecule has 0 atom stereocenters. The van der Waals surface area contributed by atoms with Crippen LogP contribution in [0.2, 0.25) is 5.02 Å². The van der Waals surface area contributed by atoms with Crippen LogP contribution in [-0.2, 0) is 0 Å². The highest BCUT2D eigenvalue weighted by molar-refractivity contribution is 6.30. The Kier molecular flexibility index (Phi) is 3.20. The molecule has 2 aromatic heterocycles. The summed E-state index contributed by atoms with van der Waals surface area (Å²) in [5.41, 5.74) is 8.15. The first-order valence-electron chi connectivity index (χ1n) is 6.22. The van der Waals surface area contributed by atoms with Gasteiger partial charge in [0.05, 0.1) is 17.3 Å². The van der Waals surface area contributed by atoms with Crippen LogP contribution in [0.25, 0.3) is 17.0 Å². The summed E-state index contributed by atoms with van der Waals surface area (Å²) in [4.78, 5) is 0. The Bertz CT molecular complexity index is 769. The van der Waals surface area contributed by atoms with E-state index in [2.05, 4.69) is 10.2 Å². The second-order valence-corrected chi connectivity index (χ2v) is 4.72. The highest BCUT2D eigenvalue weighted by Gasteiger charge is 2.10. The maximum Gasteiger partial charge on any atom is 0.168 e. The highest BCUT2D eigenvalue weighted by Crippen LogP contribution is 2.28. The summed E-state index contributed by atoms with van der Waals surface area (Å²) in [6.45, 7) is 2.49. The van der Waals surface area contributed by atoms with Gasteiger partial charge in [-0.1, -0.05) is 11.6 Å². The van der Waals surface area contributed by atoms with Crippen molar-refractivity contribution in [2.45, 2.75) is 6.92 Å². The van der Waals surface area contributed by atoms with Gasteiger partial charge in [0.2, 0.25) is 0 Å². The first-order chi connectivity index (χ1) is 9.69. The van der Waals surface area contributed by atoms with Gasteiger partial charge in [0.15, 0.2) is 11.5 Å². The minimum absolute atomic E-state index is 0.572. The van der Waals surface area contributed by atoms with Gasteiger partial charge in [0.25, 0.3) is 0 Å². The standard InChI is InChI=1S/C14H13ClN4O/c1-2-20-12-5-3-9(7-11(12)16)14-18-17-13-6-4-10(15)8-19(13)14/h3-8H,2,16H2,1H3. The quantitative estimate of drug-likeness (QED) is 0.752. The summed E-state index contributed by atoms with van der Waals surface area (Å²) in [7, 11) is 0. The zero-order valence-electron chi connectivity index (χ0n) is 10.9. The van der Waals surface area contributed by atoms with E-state index >= 15 is 0 Å². The Balaban J connectivity index is 2.11. The van der Waals surface area contributed by atoms with Crippen molar-refractivity contribution in [3.8, 4) is 17.1 Å². The number of pyridine rings is 1. The number of ether oxygens (including phenoxy) is 1. The summed E-state index contributed by atoms with van der Waals surface area (Å²) in [5, 5.41) is 8.91. The molecule has 5 nitrogen and oxygen atoms in total. The Hall–Kier alpha value is -2.27. The van der Waals surface area contributed by atoms with Crippen LogP contribution in [0, 0.1) is 0 Å². The van der Waals surface area contributed by atoms with Crippen molar-refractivity contribution in [2.24, 2.45) is 0 Å². The molecule has 6 heteroatoms. The average Bonchev–Trinajstić information content (AvgIpc) is 2.84. The molecule has 0 radical (unpaired) electrons. The molecular formula is C14H13ClN4O. The van der Waals surface area contributed by atoms with Crippen molar-refractivity contribution in [1.29, 1.82) is 0 Å². The molecule has 1 aromatic carbocycles. The SMILES string of the molecule is CCOc1ccc(-c2nnc3ccc(Cl)cn23)cc1N. The molecule has 3 aromatic rings. The van der Waals surface area contributed by atoms with Crippen LogP contribution in [-0.4, -0.2) is 21.2 Å². The van der Waals surface area contributed by atoms with Crippen LogP contribution < -0.4 is 10.5 Å². The smallest absolute Gasteiger partial charge is 0.168 e. The average molecular weight is 289 g/mol. The van der Waals surface area contributed by atoms with E-state index in [-0.39, 0.29) is 0 Å². The molecule has 20 heavy (non-hydrogen) atoms. The van der Waals surface area contributed by atoms with Gasteiger partial charge in [-0.3, -0.25) is 4.40 Å². The van der Waals surface area contributed by atoms with Gasteiger partial charge in [0, 0.05) is 11.8 Å². The van der Waals surface area contributed by atoms with E-state index in [1.54, 1.807) is 12.3 Å². The second-order valence-electron chi connectivity index (χ2n) is 4.28.